The van der Waals surface area contributed by atoms with E-state index >= 15 is 0 Å². The van der Waals surface area contributed by atoms with Crippen molar-refractivity contribution >= 4 is 35.0 Å². The van der Waals surface area contributed by atoms with E-state index in [1.807, 2.05) is 36.4 Å². The van der Waals surface area contributed by atoms with E-state index in [1.165, 1.54) is 40.0 Å². The van der Waals surface area contributed by atoms with Crippen LogP contribution in [0.2, 0.25) is 0 Å². The van der Waals surface area contributed by atoms with E-state index in [1.54, 1.807) is 43.3 Å². The molecule has 9 nitrogen and oxygen atoms in total. The highest BCUT2D eigenvalue weighted by Gasteiger charge is 2.23. The van der Waals surface area contributed by atoms with Gasteiger partial charge in [-0.3, -0.25) is 9.59 Å². The highest BCUT2D eigenvalue weighted by molar-refractivity contribution is 8.00. The van der Waals surface area contributed by atoms with Crippen molar-refractivity contribution in [2.45, 2.75) is 24.1 Å². The van der Waals surface area contributed by atoms with Gasteiger partial charge >= 0.3 is 0 Å². The second kappa shape index (κ2) is 13.6. The third-order valence-corrected chi connectivity index (χ3v) is 7.36. The summed E-state index contributed by atoms with van der Waals surface area (Å²) in [4.78, 5) is 29.3. The molecule has 1 atom stereocenters. The first-order valence-corrected chi connectivity index (χ1v) is 13.8. The summed E-state index contributed by atoms with van der Waals surface area (Å²) in [6.07, 6.45) is 0. The number of nitriles is 1. The summed E-state index contributed by atoms with van der Waals surface area (Å²) in [7, 11) is 4.59. The van der Waals surface area contributed by atoms with Gasteiger partial charge in [-0.1, -0.05) is 42.1 Å². The molecule has 4 aromatic rings. The minimum Gasteiger partial charge on any atom is -0.493 e. The van der Waals surface area contributed by atoms with Crippen molar-refractivity contribution in [1.82, 2.24) is 4.98 Å². The van der Waals surface area contributed by atoms with Gasteiger partial charge in [-0.05, 0) is 55.0 Å². The van der Waals surface area contributed by atoms with Crippen LogP contribution in [0.15, 0.2) is 77.8 Å². The van der Waals surface area contributed by atoms with E-state index in [9.17, 15) is 14.9 Å². The molecule has 0 spiro atoms. The quantitative estimate of drug-likeness (QED) is 0.206. The van der Waals surface area contributed by atoms with Crippen LogP contribution in [0.5, 0.6) is 17.2 Å². The van der Waals surface area contributed by atoms with Crippen LogP contribution in [0.4, 0.5) is 11.4 Å². The zero-order valence-corrected chi connectivity index (χ0v) is 24.7. The lowest BCUT2D eigenvalue weighted by atomic mass is 9.98. The van der Waals surface area contributed by atoms with Gasteiger partial charge in [-0.2, -0.15) is 5.26 Å². The van der Waals surface area contributed by atoms with Gasteiger partial charge < -0.3 is 24.8 Å². The number of hydrogen-bond acceptors (Lipinski definition) is 8. The van der Waals surface area contributed by atoms with Crippen molar-refractivity contribution in [3.05, 3.63) is 78.4 Å². The van der Waals surface area contributed by atoms with E-state index in [4.69, 9.17) is 19.2 Å². The molecule has 4 rings (SSSR count). The summed E-state index contributed by atoms with van der Waals surface area (Å²) >= 11 is 1.19. The van der Waals surface area contributed by atoms with Crippen LogP contribution >= 0.6 is 11.8 Å². The van der Waals surface area contributed by atoms with E-state index < -0.39 is 5.25 Å². The van der Waals surface area contributed by atoms with Gasteiger partial charge in [0.05, 0.1) is 37.8 Å². The van der Waals surface area contributed by atoms with Crippen LogP contribution in [0, 0.1) is 11.3 Å². The first kappa shape index (κ1) is 30.0. The number of benzene rings is 3. The number of anilines is 2. The van der Waals surface area contributed by atoms with Crippen LogP contribution in [-0.2, 0) is 9.59 Å². The monoisotopic (exact) mass is 582 g/mol. The van der Waals surface area contributed by atoms with Crippen LogP contribution in [0.1, 0.15) is 19.4 Å². The van der Waals surface area contributed by atoms with E-state index in [2.05, 4.69) is 16.7 Å². The largest absolute Gasteiger partial charge is 0.493 e. The standard InChI is InChI=1S/C32H30N4O5S/c1-19(31(38)35-24-13-11-23(12-14-24)34-20(2)37)42-32-26(18-33)25(17-27(36-32)21-9-7-6-8-10-21)22-15-28(39-3)30(41-5)29(16-22)40-4/h6-17,19H,1-5H3,(H,34,37)(H,35,38). The fourth-order valence-corrected chi connectivity index (χ4v) is 5.17. The number of thioether (sulfide) groups is 1. The Labute approximate surface area is 248 Å². The number of nitrogens with zero attached hydrogens (tertiary/aromatic N) is 2. The number of nitrogens with one attached hydrogen (secondary N) is 2. The molecule has 0 saturated carbocycles. The lowest BCUT2D eigenvalue weighted by Gasteiger charge is -2.18. The fourth-order valence-electron chi connectivity index (χ4n) is 4.24. The number of aromatic nitrogens is 1. The zero-order chi connectivity index (χ0) is 30.2. The van der Waals surface area contributed by atoms with Gasteiger partial charge in [-0.25, -0.2) is 4.98 Å². The number of ether oxygens (including phenoxy) is 3. The van der Waals surface area contributed by atoms with Gasteiger partial charge in [0.15, 0.2) is 11.5 Å². The number of hydrogen-bond donors (Lipinski definition) is 2. The number of amides is 2. The molecule has 42 heavy (non-hydrogen) atoms. The fraction of sp³-hybridized carbons (Fsp3) is 0.188. The summed E-state index contributed by atoms with van der Waals surface area (Å²) < 4.78 is 16.6. The van der Waals surface area contributed by atoms with Crippen molar-refractivity contribution < 1.29 is 23.8 Å². The first-order valence-electron chi connectivity index (χ1n) is 12.9. The van der Waals surface area contributed by atoms with Crippen molar-refractivity contribution in [2.24, 2.45) is 0 Å². The smallest absolute Gasteiger partial charge is 0.237 e. The van der Waals surface area contributed by atoms with Crippen molar-refractivity contribution in [1.29, 1.82) is 5.26 Å². The van der Waals surface area contributed by atoms with Crippen LogP contribution < -0.4 is 24.8 Å². The normalized spacial score (nSPS) is 11.1. The predicted octanol–water partition coefficient (Wildman–Crippen LogP) is 6.39. The van der Waals surface area contributed by atoms with Crippen molar-refractivity contribution in [3.63, 3.8) is 0 Å². The molecule has 2 N–H and O–H groups in total. The van der Waals surface area contributed by atoms with Gasteiger partial charge in [0.2, 0.25) is 17.6 Å². The molecule has 1 unspecified atom stereocenters. The summed E-state index contributed by atoms with van der Waals surface area (Å²) in [5.74, 6) is 0.879. The summed E-state index contributed by atoms with van der Waals surface area (Å²) in [6.45, 7) is 3.18. The lowest BCUT2D eigenvalue weighted by Crippen LogP contribution is -2.22. The molecule has 2 amide bonds. The molecule has 10 heteroatoms. The molecule has 0 radical (unpaired) electrons. The van der Waals surface area contributed by atoms with Gasteiger partial charge in [0.1, 0.15) is 11.1 Å². The number of pyridine rings is 1. The number of methoxy groups -OCH3 is 3. The number of carbonyl (C=O) groups is 2. The number of rotatable bonds is 10. The Kier molecular flexibility index (Phi) is 9.68. The third-order valence-electron chi connectivity index (χ3n) is 6.27. The molecule has 0 bridgehead atoms. The maximum Gasteiger partial charge on any atom is 0.237 e. The summed E-state index contributed by atoms with van der Waals surface area (Å²) in [5, 5.41) is 15.7. The average Bonchev–Trinajstić information content (AvgIpc) is 3.00. The van der Waals surface area contributed by atoms with Gasteiger partial charge in [-0.15, -0.1) is 0 Å². The minimum absolute atomic E-state index is 0.179. The Morgan fingerprint density at radius 3 is 1.98 bits per heavy atom. The van der Waals surface area contributed by atoms with Crippen LogP contribution in [0.3, 0.4) is 0 Å². The van der Waals surface area contributed by atoms with E-state index in [0.29, 0.717) is 56.0 Å². The second-order valence-corrected chi connectivity index (χ2v) is 10.5. The summed E-state index contributed by atoms with van der Waals surface area (Å²) in [5.41, 5.74) is 4.28. The van der Waals surface area contributed by atoms with Crippen LogP contribution in [-0.4, -0.2) is 43.4 Å². The highest BCUT2D eigenvalue weighted by atomic mass is 32.2. The number of carbonyl (C=O) groups excluding carboxylic acids is 2. The van der Waals surface area contributed by atoms with Crippen molar-refractivity contribution in [2.75, 3.05) is 32.0 Å². The zero-order valence-electron chi connectivity index (χ0n) is 23.8. The first-order chi connectivity index (χ1) is 20.3. The Bertz CT molecular complexity index is 1610. The lowest BCUT2D eigenvalue weighted by molar-refractivity contribution is -0.115. The molecule has 0 fully saturated rings. The maximum atomic E-state index is 13.2. The van der Waals surface area contributed by atoms with Gasteiger partial charge in [0, 0.05) is 29.4 Å². The molecule has 0 aliphatic carbocycles. The SMILES string of the molecule is COc1cc(-c2cc(-c3ccccc3)nc(SC(C)C(=O)Nc3ccc(NC(C)=O)cc3)c2C#N)cc(OC)c1OC. The Balaban J connectivity index is 1.74. The van der Waals surface area contributed by atoms with E-state index in [-0.39, 0.29) is 11.8 Å². The molecule has 214 valence electrons. The second-order valence-electron chi connectivity index (χ2n) is 9.13. The topological polar surface area (TPSA) is 123 Å². The molecule has 0 saturated heterocycles. The van der Waals surface area contributed by atoms with Gasteiger partial charge in [0.25, 0.3) is 0 Å². The molecular weight excluding hydrogens is 552 g/mol. The molecule has 0 aliphatic rings. The predicted molar refractivity (Wildman–Crippen MR) is 164 cm³/mol. The van der Waals surface area contributed by atoms with Crippen molar-refractivity contribution in [3.8, 4) is 45.7 Å². The Morgan fingerprint density at radius 2 is 1.45 bits per heavy atom. The molecular formula is C32H30N4O5S. The summed E-state index contributed by atoms with van der Waals surface area (Å²) in [6, 6.07) is 24.1. The molecule has 1 aromatic heterocycles. The Morgan fingerprint density at radius 1 is 0.857 bits per heavy atom. The minimum atomic E-state index is -0.599. The van der Waals surface area contributed by atoms with E-state index in [0.717, 1.165) is 5.56 Å². The maximum absolute atomic E-state index is 13.2. The average molecular weight is 583 g/mol. The Hall–Kier alpha value is -5.01. The molecule has 3 aromatic carbocycles. The third kappa shape index (κ3) is 6.82. The molecule has 0 aliphatic heterocycles. The molecule has 1 heterocycles. The highest BCUT2D eigenvalue weighted by Crippen LogP contribution is 2.43. The van der Waals surface area contributed by atoms with Crippen LogP contribution in [0.25, 0.3) is 22.4 Å².